The zero-order valence-electron chi connectivity index (χ0n) is 19.2. The van der Waals surface area contributed by atoms with Crippen LogP contribution in [0.25, 0.3) is 16.9 Å². The SMILES string of the molecule is COc1ccc(C(=O)Cn2cnc3c2c(=O)n(CCC(C)C)c(=O)n3-c2ccccc2Cl)cc1. The fourth-order valence-corrected chi connectivity index (χ4v) is 3.98. The highest BCUT2D eigenvalue weighted by molar-refractivity contribution is 6.32. The third kappa shape index (κ3) is 4.41. The molecule has 0 atom stereocenters. The Bertz CT molecular complexity index is 1470. The van der Waals surface area contributed by atoms with Crippen LogP contribution in [0.5, 0.6) is 5.75 Å². The number of methoxy groups -OCH3 is 1. The molecule has 0 bridgehead atoms. The van der Waals surface area contributed by atoms with Gasteiger partial charge in [0.2, 0.25) is 0 Å². The molecule has 9 heteroatoms. The zero-order valence-corrected chi connectivity index (χ0v) is 20.0. The minimum absolute atomic E-state index is 0.108. The lowest BCUT2D eigenvalue weighted by atomic mass is 10.1. The molecule has 0 aliphatic heterocycles. The summed E-state index contributed by atoms with van der Waals surface area (Å²) in [4.78, 5) is 44.2. The predicted molar refractivity (Wildman–Crippen MR) is 131 cm³/mol. The number of imidazole rings is 1. The predicted octanol–water partition coefficient (Wildman–Crippen LogP) is 3.94. The van der Waals surface area contributed by atoms with Crippen LogP contribution in [0.4, 0.5) is 0 Å². The van der Waals surface area contributed by atoms with Crippen molar-refractivity contribution in [2.45, 2.75) is 33.4 Å². The average molecular weight is 481 g/mol. The van der Waals surface area contributed by atoms with Gasteiger partial charge in [0.1, 0.15) is 5.75 Å². The number of hydrogen-bond acceptors (Lipinski definition) is 5. The van der Waals surface area contributed by atoms with Crippen LogP contribution >= 0.6 is 11.6 Å². The quantitative estimate of drug-likeness (QED) is 0.356. The largest absolute Gasteiger partial charge is 0.497 e. The summed E-state index contributed by atoms with van der Waals surface area (Å²) in [5.74, 6) is 0.726. The van der Waals surface area contributed by atoms with E-state index >= 15 is 0 Å². The topological polar surface area (TPSA) is 88.1 Å². The number of para-hydroxylation sites is 1. The lowest BCUT2D eigenvalue weighted by Crippen LogP contribution is -2.40. The van der Waals surface area contributed by atoms with Crippen molar-refractivity contribution in [2.24, 2.45) is 5.92 Å². The van der Waals surface area contributed by atoms with Crippen LogP contribution in [0.2, 0.25) is 5.02 Å². The number of ether oxygens (including phenoxy) is 1. The summed E-state index contributed by atoms with van der Waals surface area (Å²) in [7, 11) is 1.55. The summed E-state index contributed by atoms with van der Waals surface area (Å²) in [5.41, 5.74) is 0.227. The Hall–Kier alpha value is -3.65. The van der Waals surface area contributed by atoms with Crippen molar-refractivity contribution in [3.05, 3.63) is 86.3 Å². The van der Waals surface area contributed by atoms with Gasteiger partial charge in [0, 0.05) is 12.1 Å². The fraction of sp³-hybridized carbons (Fsp3) is 0.280. The van der Waals surface area contributed by atoms with Gasteiger partial charge in [0.25, 0.3) is 5.56 Å². The Balaban J connectivity index is 1.88. The molecule has 2 aromatic carbocycles. The maximum Gasteiger partial charge on any atom is 0.337 e. The van der Waals surface area contributed by atoms with Gasteiger partial charge in [-0.3, -0.25) is 14.2 Å². The molecule has 0 amide bonds. The number of Topliss-reactive ketones (excluding diaryl/α,β-unsaturated/α-hetero) is 1. The van der Waals surface area contributed by atoms with Gasteiger partial charge in [-0.05, 0) is 48.7 Å². The molecule has 0 aliphatic carbocycles. The first-order valence-corrected chi connectivity index (χ1v) is 11.3. The van der Waals surface area contributed by atoms with Crippen LogP contribution in [0.15, 0.2) is 64.4 Å². The van der Waals surface area contributed by atoms with E-state index in [4.69, 9.17) is 16.3 Å². The molecule has 0 spiro atoms. The third-order valence-electron chi connectivity index (χ3n) is 5.65. The maximum atomic E-state index is 13.4. The van der Waals surface area contributed by atoms with Crippen LogP contribution in [0.1, 0.15) is 30.6 Å². The molecule has 4 aromatic rings. The molecule has 2 aromatic heterocycles. The Morgan fingerprint density at radius 1 is 1.09 bits per heavy atom. The summed E-state index contributed by atoms with van der Waals surface area (Å²) in [6, 6.07) is 13.6. The standard InChI is InChI=1S/C25H25ClN4O4/c1-16(2)12-13-29-24(32)22-23(30(25(29)33)20-7-5-4-6-19(20)26)27-15-28(22)14-21(31)17-8-10-18(34-3)11-9-17/h4-11,15-16H,12-14H2,1-3H3. The summed E-state index contributed by atoms with van der Waals surface area (Å²) >= 11 is 6.40. The van der Waals surface area contributed by atoms with Crippen molar-refractivity contribution >= 4 is 28.5 Å². The number of ketones is 1. The first-order valence-electron chi connectivity index (χ1n) is 10.9. The molecule has 0 N–H and O–H groups in total. The lowest BCUT2D eigenvalue weighted by Gasteiger charge is -2.14. The maximum absolute atomic E-state index is 13.4. The number of hydrogen-bond donors (Lipinski definition) is 0. The molecular formula is C25H25ClN4O4. The van der Waals surface area contributed by atoms with Crippen LogP contribution in [-0.2, 0) is 13.1 Å². The molecule has 0 unspecified atom stereocenters. The van der Waals surface area contributed by atoms with E-state index in [1.165, 1.54) is 20.0 Å². The monoisotopic (exact) mass is 480 g/mol. The van der Waals surface area contributed by atoms with Crippen LogP contribution < -0.4 is 16.0 Å². The van der Waals surface area contributed by atoms with Crippen molar-refractivity contribution < 1.29 is 9.53 Å². The van der Waals surface area contributed by atoms with E-state index in [0.29, 0.717) is 28.4 Å². The molecule has 0 saturated carbocycles. The van der Waals surface area contributed by atoms with Crippen molar-refractivity contribution in [2.75, 3.05) is 7.11 Å². The summed E-state index contributed by atoms with van der Waals surface area (Å²) in [5, 5.41) is 0.351. The molecule has 0 aliphatic rings. The van der Waals surface area contributed by atoms with Crippen LogP contribution in [0, 0.1) is 5.92 Å². The summed E-state index contributed by atoms with van der Waals surface area (Å²) in [6.45, 7) is 4.18. The zero-order chi connectivity index (χ0) is 24.4. The molecule has 0 saturated heterocycles. The van der Waals surface area contributed by atoms with Gasteiger partial charge in [-0.1, -0.05) is 37.6 Å². The fourth-order valence-electron chi connectivity index (χ4n) is 3.76. The molecule has 176 valence electrons. The smallest absolute Gasteiger partial charge is 0.337 e. The van der Waals surface area contributed by atoms with Gasteiger partial charge >= 0.3 is 5.69 Å². The number of carbonyl (C=O) groups is 1. The molecule has 8 nitrogen and oxygen atoms in total. The Morgan fingerprint density at radius 2 is 1.79 bits per heavy atom. The van der Waals surface area contributed by atoms with E-state index < -0.39 is 11.2 Å². The second-order valence-corrected chi connectivity index (χ2v) is 8.81. The van der Waals surface area contributed by atoms with Gasteiger partial charge in [-0.25, -0.2) is 14.3 Å². The van der Waals surface area contributed by atoms with Crippen molar-refractivity contribution in [1.82, 2.24) is 18.7 Å². The normalized spacial score (nSPS) is 11.3. The number of rotatable bonds is 8. The molecule has 0 fully saturated rings. The van der Waals surface area contributed by atoms with Crippen molar-refractivity contribution in [3.8, 4) is 11.4 Å². The molecule has 4 rings (SSSR count). The molecule has 0 radical (unpaired) electrons. The average Bonchev–Trinajstić information content (AvgIpc) is 3.23. The second kappa shape index (κ2) is 9.69. The van der Waals surface area contributed by atoms with Gasteiger partial charge in [0.05, 0.1) is 30.7 Å². The Labute approximate surface area is 201 Å². The highest BCUT2D eigenvalue weighted by Crippen LogP contribution is 2.21. The first-order chi connectivity index (χ1) is 16.3. The van der Waals surface area contributed by atoms with E-state index in [9.17, 15) is 14.4 Å². The number of nitrogens with zero attached hydrogens (tertiary/aromatic N) is 4. The third-order valence-corrected chi connectivity index (χ3v) is 5.97. The number of fused-ring (bicyclic) bond motifs is 1. The Kier molecular flexibility index (Phi) is 6.70. The van der Waals surface area contributed by atoms with Gasteiger partial charge in [0.15, 0.2) is 16.9 Å². The highest BCUT2D eigenvalue weighted by Gasteiger charge is 2.21. The van der Waals surface area contributed by atoms with Gasteiger partial charge in [-0.15, -0.1) is 0 Å². The summed E-state index contributed by atoms with van der Waals surface area (Å²) in [6.07, 6.45) is 2.05. The molecular weight excluding hydrogens is 456 g/mol. The number of halogens is 1. The van der Waals surface area contributed by atoms with E-state index in [-0.39, 0.29) is 36.0 Å². The lowest BCUT2D eigenvalue weighted by molar-refractivity contribution is 0.0973. The van der Waals surface area contributed by atoms with E-state index in [0.717, 1.165) is 0 Å². The minimum Gasteiger partial charge on any atom is -0.497 e. The molecule has 34 heavy (non-hydrogen) atoms. The van der Waals surface area contributed by atoms with E-state index in [1.807, 2.05) is 13.8 Å². The second-order valence-electron chi connectivity index (χ2n) is 8.41. The number of benzene rings is 2. The number of carbonyl (C=O) groups excluding carboxylic acids is 1. The van der Waals surface area contributed by atoms with E-state index in [2.05, 4.69) is 4.98 Å². The Morgan fingerprint density at radius 3 is 2.44 bits per heavy atom. The van der Waals surface area contributed by atoms with Crippen molar-refractivity contribution in [1.29, 1.82) is 0 Å². The van der Waals surface area contributed by atoms with Crippen LogP contribution in [-0.4, -0.2) is 31.6 Å². The van der Waals surface area contributed by atoms with Crippen molar-refractivity contribution in [3.63, 3.8) is 0 Å². The minimum atomic E-state index is -0.516. The first kappa shape index (κ1) is 23.5. The van der Waals surface area contributed by atoms with Gasteiger partial charge < -0.3 is 9.30 Å². The highest BCUT2D eigenvalue weighted by atomic mass is 35.5. The summed E-state index contributed by atoms with van der Waals surface area (Å²) < 4.78 is 9.17. The molecule has 2 heterocycles. The number of aromatic nitrogens is 4. The van der Waals surface area contributed by atoms with E-state index in [1.54, 1.807) is 55.6 Å². The van der Waals surface area contributed by atoms with Gasteiger partial charge in [-0.2, -0.15) is 0 Å². The van der Waals surface area contributed by atoms with Crippen LogP contribution in [0.3, 0.4) is 0 Å².